The Morgan fingerprint density at radius 1 is 0.969 bits per heavy atom. The maximum Gasteiger partial charge on any atom is 0.135 e. The van der Waals surface area contributed by atoms with E-state index < -0.39 is 0 Å². The smallest absolute Gasteiger partial charge is 0.135 e. The molecule has 0 aromatic carbocycles. The number of nitrogens with two attached hydrogens (primary N) is 2. The van der Waals surface area contributed by atoms with Crippen LogP contribution in [-0.4, -0.2) is 17.0 Å². The molecule has 0 spiro atoms. The lowest BCUT2D eigenvalue weighted by Crippen LogP contribution is -2.57. The van der Waals surface area contributed by atoms with Crippen molar-refractivity contribution in [1.29, 1.82) is 0 Å². The zero-order valence-corrected chi connectivity index (χ0v) is 22.0. The Hall–Kier alpha value is -0.810. The van der Waals surface area contributed by atoms with Crippen molar-refractivity contribution in [3.05, 3.63) is 0 Å². The third-order valence-corrected chi connectivity index (χ3v) is 10.1. The maximum atomic E-state index is 11.3. The predicted molar refractivity (Wildman–Crippen MR) is 137 cm³/mol. The van der Waals surface area contributed by atoms with E-state index in [-0.39, 0.29) is 6.10 Å². The van der Waals surface area contributed by atoms with Gasteiger partial charge < -0.3 is 16.4 Å². The number of nitrogens with one attached hydrogen (secondary N) is 1. The predicted octanol–water partition coefficient (Wildman–Crippen LogP) is 5.96. The van der Waals surface area contributed by atoms with Gasteiger partial charge in [0.05, 0.1) is 6.10 Å². The highest BCUT2D eigenvalue weighted by atomic mass is 16.3. The van der Waals surface area contributed by atoms with Crippen LogP contribution in [0.2, 0.25) is 0 Å². The van der Waals surface area contributed by atoms with Crippen molar-refractivity contribution in [2.75, 3.05) is 0 Å². The third-order valence-electron chi connectivity index (χ3n) is 10.1. The Labute approximate surface area is 198 Å². The zero-order chi connectivity index (χ0) is 23.9. The molecule has 0 amide bonds. The maximum absolute atomic E-state index is 11.3. The number of hydrogen-bond acceptors (Lipinski definition) is 4. The Balaban J connectivity index is 0.000000860. The van der Waals surface area contributed by atoms with Crippen molar-refractivity contribution in [2.24, 2.45) is 57.2 Å². The van der Waals surface area contributed by atoms with Crippen LogP contribution in [0.25, 0.3) is 0 Å². The number of fused-ring (bicyclic) bond motifs is 5. The van der Waals surface area contributed by atoms with Gasteiger partial charge in [0, 0.05) is 6.42 Å². The summed E-state index contributed by atoms with van der Waals surface area (Å²) >= 11 is 0. The number of amidine groups is 1. The second-order valence-corrected chi connectivity index (χ2v) is 11.0. The molecule has 4 aliphatic carbocycles. The summed E-state index contributed by atoms with van der Waals surface area (Å²) < 4.78 is 0. The number of nitrogens with zero attached hydrogens (tertiary/aromatic N) is 1. The molecule has 0 bridgehead atoms. The molecule has 5 heteroatoms. The minimum Gasteiger partial charge on any atom is -0.393 e. The summed E-state index contributed by atoms with van der Waals surface area (Å²) in [6.07, 6.45) is 15.0. The van der Waals surface area contributed by atoms with Crippen LogP contribution in [0.3, 0.4) is 0 Å². The molecule has 4 saturated carbocycles. The minimum atomic E-state index is -0.0676. The van der Waals surface area contributed by atoms with E-state index in [2.05, 4.69) is 24.4 Å². The van der Waals surface area contributed by atoms with E-state index in [1.54, 1.807) is 0 Å². The van der Waals surface area contributed by atoms with Crippen molar-refractivity contribution in [3.8, 4) is 0 Å². The molecule has 5 nitrogen and oxygen atoms in total. The van der Waals surface area contributed by atoms with Crippen molar-refractivity contribution >= 4 is 5.84 Å². The molecule has 0 saturated heterocycles. The second kappa shape index (κ2) is 12.1. The summed E-state index contributed by atoms with van der Waals surface area (Å²) in [6, 6.07) is 0. The van der Waals surface area contributed by atoms with Gasteiger partial charge in [0.1, 0.15) is 5.84 Å². The fourth-order valence-electron chi connectivity index (χ4n) is 8.53. The standard InChI is InChI=1S/C23H42N4O.2C2H6/c1-22-12-4-3-6-16(22)14-19(28)21-17-10-9-15(7-5-8-20(26-24)27-25)23(17,2)13-11-18(21)22;2*1-2/h15-19,21,28H,3-14,24-25H2,1-2H3,(H,26,27);2*1-2H3. The number of hydrogen-bond donors (Lipinski definition) is 4. The number of aliphatic hydroxyl groups excluding tert-OH is 1. The number of aliphatic hydroxyl groups is 1. The molecular formula is C27H54N4O. The highest BCUT2D eigenvalue weighted by molar-refractivity contribution is 5.81. The van der Waals surface area contributed by atoms with Crippen LogP contribution < -0.4 is 17.1 Å². The first kappa shape index (κ1) is 27.4. The van der Waals surface area contributed by atoms with Gasteiger partial charge in [0.15, 0.2) is 0 Å². The van der Waals surface area contributed by atoms with E-state index in [1.807, 2.05) is 27.7 Å². The van der Waals surface area contributed by atoms with Gasteiger partial charge in [-0.25, -0.2) is 5.84 Å². The Morgan fingerprint density at radius 2 is 1.66 bits per heavy atom. The van der Waals surface area contributed by atoms with E-state index in [0.29, 0.717) is 28.5 Å². The molecule has 4 rings (SSSR count). The molecule has 32 heavy (non-hydrogen) atoms. The van der Waals surface area contributed by atoms with Gasteiger partial charge in [-0.1, -0.05) is 54.4 Å². The topological polar surface area (TPSA) is 96.7 Å². The van der Waals surface area contributed by atoms with Crippen LogP contribution >= 0.6 is 0 Å². The van der Waals surface area contributed by atoms with Crippen molar-refractivity contribution in [2.45, 2.75) is 125 Å². The first-order chi connectivity index (χ1) is 15.4. The molecule has 8 atom stereocenters. The molecule has 0 aliphatic heterocycles. The molecule has 6 N–H and O–H groups in total. The van der Waals surface area contributed by atoms with E-state index in [9.17, 15) is 5.11 Å². The van der Waals surface area contributed by atoms with Crippen LogP contribution in [0.1, 0.15) is 119 Å². The fraction of sp³-hybridized carbons (Fsp3) is 0.963. The Morgan fingerprint density at radius 3 is 2.31 bits per heavy atom. The lowest BCUT2D eigenvalue weighted by Gasteiger charge is -2.62. The van der Waals surface area contributed by atoms with Gasteiger partial charge in [-0.15, -0.1) is 0 Å². The monoisotopic (exact) mass is 450 g/mol. The van der Waals surface area contributed by atoms with Crippen LogP contribution in [0, 0.1) is 40.4 Å². The molecular weight excluding hydrogens is 396 g/mol. The molecule has 8 unspecified atom stereocenters. The van der Waals surface area contributed by atoms with E-state index >= 15 is 0 Å². The summed E-state index contributed by atoms with van der Waals surface area (Å²) in [5.41, 5.74) is 3.49. The summed E-state index contributed by atoms with van der Waals surface area (Å²) in [5.74, 6) is 15.1. The molecule has 0 aromatic heterocycles. The molecule has 4 aliphatic rings. The van der Waals surface area contributed by atoms with E-state index in [4.69, 9.17) is 11.7 Å². The van der Waals surface area contributed by atoms with Crippen molar-refractivity contribution in [1.82, 2.24) is 5.43 Å². The lowest BCUT2D eigenvalue weighted by atomic mass is 9.44. The van der Waals surface area contributed by atoms with Gasteiger partial charge in [0.2, 0.25) is 0 Å². The minimum absolute atomic E-state index is 0.0676. The van der Waals surface area contributed by atoms with Crippen molar-refractivity contribution in [3.63, 3.8) is 0 Å². The normalized spacial score (nSPS) is 42.8. The van der Waals surface area contributed by atoms with Crippen molar-refractivity contribution < 1.29 is 5.11 Å². The van der Waals surface area contributed by atoms with Gasteiger partial charge in [-0.2, -0.15) is 5.10 Å². The Bertz CT molecular complexity index is 596. The van der Waals surface area contributed by atoms with Crippen LogP contribution in [-0.2, 0) is 0 Å². The van der Waals surface area contributed by atoms with Crippen LogP contribution in [0.5, 0.6) is 0 Å². The van der Waals surface area contributed by atoms with E-state index in [1.165, 1.54) is 57.8 Å². The molecule has 4 fully saturated rings. The van der Waals surface area contributed by atoms with Gasteiger partial charge in [0.25, 0.3) is 0 Å². The average molecular weight is 451 g/mol. The van der Waals surface area contributed by atoms with Gasteiger partial charge >= 0.3 is 0 Å². The number of hydrazine groups is 1. The second-order valence-electron chi connectivity index (χ2n) is 11.0. The van der Waals surface area contributed by atoms with Crippen LogP contribution in [0.15, 0.2) is 5.10 Å². The third kappa shape index (κ3) is 4.99. The van der Waals surface area contributed by atoms with Crippen LogP contribution in [0.4, 0.5) is 0 Å². The first-order valence-corrected chi connectivity index (χ1v) is 13.9. The molecule has 188 valence electrons. The molecule has 0 heterocycles. The largest absolute Gasteiger partial charge is 0.393 e. The average Bonchev–Trinajstić information content (AvgIpc) is 3.16. The number of rotatable bonds is 4. The first-order valence-electron chi connectivity index (χ1n) is 13.9. The highest BCUT2D eigenvalue weighted by Crippen LogP contribution is 2.67. The SMILES string of the molecule is CC.CC.CC12CCC3C(C(O)CC4CCCCC43C)C1CCC2CCC/C(=N/N)NN. The van der Waals surface area contributed by atoms with Gasteiger partial charge in [-0.3, -0.25) is 0 Å². The van der Waals surface area contributed by atoms with E-state index in [0.717, 1.165) is 37.0 Å². The summed E-state index contributed by atoms with van der Waals surface area (Å²) in [5, 5.41) is 15.0. The summed E-state index contributed by atoms with van der Waals surface area (Å²) in [6.45, 7) is 13.1. The molecule has 0 radical (unpaired) electrons. The Kier molecular flexibility index (Phi) is 10.3. The highest BCUT2D eigenvalue weighted by Gasteiger charge is 2.61. The fourth-order valence-corrected chi connectivity index (χ4v) is 8.53. The molecule has 0 aromatic rings. The number of hydrazone groups is 1. The van der Waals surface area contributed by atoms with Gasteiger partial charge in [-0.05, 0) is 98.2 Å². The summed E-state index contributed by atoms with van der Waals surface area (Å²) in [7, 11) is 0. The quantitative estimate of drug-likeness (QED) is 0.184. The summed E-state index contributed by atoms with van der Waals surface area (Å²) in [4.78, 5) is 0. The lowest BCUT2D eigenvalue weighted by molar-refractivity contribution is -0.162. The zero-order valence-electron chi connectivity index (χ0n) is 22.0.